The highest BCUT2D eigenvalue weighted by molar-refractivity contribution is 5.52. The Bertz CT molecular complexity index is 506. The van der Waals surface area contributed by atoms with Crippen molar-refractivity contribution in [2.75, 3.05) is 5.32 Å². The van der Waals surface area contributed by atoms with Crippen LogP contribution in [0.4, 0.5) is 5.69 Å². The van der Waals surface area contributed by atoms with Crippen LogP contribution in [0.3, 0.4) is 0 Å². The van der Waals surface area contributed by atoms with E-state index in [9.17, 15) is 5.11 Å². The van der Waals surface area contributed by atoms with Crippen LogP contribution in [0.25, 0.3) is 0 Å². The van der Waals surface area contributed by atoms with Crippen molar-refractivity contribution in [3.05, 3.63) is 59.4 Å². The lowest BCUT2D eigenvalue weighted by Crippen LogP contribution is -2.05. The van der Waals surface area contributed by atoms with Gasteiger partial charge in [0, 0.05) is 17.4 Å². The number of nitrogens with one attached hydrogen (secondary N) is 1. The number of aliphatic hydroxyl groups excluding tert-OH is 1. The summed E-state index contributed by atoms with van der Waals surface area (Å²) in [6, 6.07) is 11.8. The van der Waals surface area contributed by atoms with Crippen molar-refractivity contribution >= 4 is 5.69 Å². The highest BCUT2D eigenvalue weighted by Gasteiger charge is 2.06. The maximum Gasteiger partial charge on any atom is 0.0781 e. The van der Waals surface area contributed by atoms with Gasteiger partial charge < -0.3 is 10.4 Å². The molecule has 0 aliphatic heterocycles. The van der Waals surface area contributed by atoms with Crippen LogP contribution in [0.1, 0.15) is 29.8 Å². The van der Waals surface area contributed by atoms with Gasteiger partial charge in [0.2, 0.25) is 0 Å². The molecule has 18 heavy (non-hydrogen) atoms. The van der Waals surface area contributed by atoms with Crippen LogP contribution >= 0.6 is 0 Å². The predicted octanol–water partition coefficient (Wildman–Crippen LogP) is 3.06. The average molecular weight is 242 g/mol. The number of pyridine rings is 1. The molecule has 0 amide bonds. The van der Waals surface area contributed by atoms with Crippen molar-refractivity contribution in [3.63, 3.8) is 0 Å². The third-order valence-corrected chi connectivity index (χ3v) is 2.84. The first-order valence-electron chi connectivity index (χ1n) is 6.09. The number of aliphatic hydroxyl groups is 1. The normalized spacial score (nSPS) is 12.2. The molecule has 1 aromatic carbocycles. The lowest BCUT2D eigenvalue weighted by molar-refractivity contribution is 0.200. The summed E-state index contributed by atoms with van der Waals surface area (Å²) < 4.78 is 0. The summed E-state index contributed by atoms with van der Waals surface area (Å²) in [4.78, 5) is 4.34. The molecule has 2 N–H and O–H groups in total. The fourth-order valence-electron chi connectivity index (χ4n) is 1.81. The Morgan fingerprint density at radius 1 is 1.22 bits per heavy atom. The van der Waals surface area contributed by atoms with Crippen LogP contribution < -0.4 is 5.32 Å². The van der Waals surface area contributed by atoms with E-state index in [1.165, 1.54) is 0 Å². The minimum atomic E-state index is -0.473. The minimum absolute atomic E-state index is 0.473. The number of benzene rings is 1. The Balaban J connectivity index is 2.08. The molecule has 2 rings (SSSR count). The van der Waals surface area contributed by atoms with Crippen LogP contribution in [0.5, 0.6) is 0 Å². The molecule has 0 saturated heterocycles. The smallest absolute Gasteiger partial charge is 0.0781 e. The maximum atomic E-state index is 9.68. The van der Waals surface area contributed by atoms with Crippen molar-refractivity contribution in [3.8, 4) is 0 Å². The first kappa shape index (κ1) is 12.6. The van der Waals surface area contributed by atoms with Crippen LogP contribution in [0.2, 0.25) is 0 Å². The van der Waals surface area contributed by atoms with Crippen LogP contribution in [-0.4, -0.2) is 10.1 Å². The zero-order valence-electron chi connectivity index (χ0n) is 10.7. The molecule has 0 spiro atoms. The zero-order valence-corrected chi connectivity index (χ0v) is 10.7. The number of rotatable bonds is 4. The molecule has 0 aliphatic carbocycles. The van der Waals surface area contributed by atoms with Gasteiger partial charge in [-0.15, -0.1) is 0 Å². The molecule has 0 fully saturated rings. The number of hydrogen-bond donors (Lipinski definition) is 2. The largest absolute Gasteiger partial charge is 0.389 e. The summed E-state index contributed by atoms with van der Waals surface area (Å²) in [6.07, 6.45) is 1.39. The van der Waals surface area contributed by atoms with Gasteiger partial charge in [0.25, 0.3) is 0 Å². The number of aryl methyl sites for hydroxylation is 1. The van der Waals surface area contributed by atoms with Gasteiger partial charge >= 0.3 is 0 Å². The lowest BCUT2D eigenvalue weighted by Gasteiger charge is -2.13. The molecular weight excluding hydrogens is 224 g/mol. The number of para-hydroxylation sites is 1. The topological polar surface area (TPSA) is 45.1 Å². The molecule has 0 aliphatic rings. The summed E-state index contributed by atoms with van der Waals surface area (Å²) in [7, 11) is 0. The van der Waals surface area contributed by atoms with Crippen molar-refractivity contribution in [1.82, 2.24) is 4.98 Å². The van der Waals surface area contributed by atoms with Gasteiger partial charge in [0.1, 0.15) is 0 Å². The minimum Gasteiger partial charge on any atom is -0.389 e. The molecule has 3 heteroatoms. The Morgan fingerprint density at radius 2 is 2.00 bits per heavy atom. The highest BCUT2D eigenvalue weighted by Crippen LogP contribution is 2.22. The Hall–Kier alpha value is -1.87. The monoisotopic (exact) mass is 242 g/mol. The van der Waals surface area contributed by atoms with Gasteiger partial charge in [-0.3, -0.25) is 4.98 Å². The standard InChI is InChI=1S/C15H18N2O/c1-11-7-8-13(16-9-11)10-17-15-6-4-3-5-14(15)12(2)18/h3-9,12,17-18H,10H2,1-2H3. The number of hydrogen-bond acceptors (Lipinski definition) is 3. The maximum absolute atomic E-state index is 9.68. The summed E-state index contributed by atoms with van der Waals surface area (Å²) in [5, 5.41) is 13.0. The second kappa shape index (κ2) is 5.65. The van der Waals surface area contributed by atoms with E-state index in [1.54, 1.807) is 6.92 Å². The van der Waals surface area contributed by atoms with Crippen LogP contribution in [-0.2, 0) is 6.54 Å². The lowest BCUT2D eigenvalue weighted by atomic mass is 10.1. The van der Waals surface area contributed by atoms with E-state index in [0.29, 0.717) is 6.54 Å². The summed E-state index contributed by atoms with van der Waals surface area (Å²) in [5.41, 5.74) is 4.00. The second-order valence-corrected chi connectivity index (χ2v) is 4.44. The van der Waals surface area contributed by atoms with Crippen LogP contribution in [0.15, 0.2) is 42.6 Å². The van der Waals surface area contributed by atoms with Gasteiger partial charge in [-0.2, -0.15) is 0 Å². The van der Waals surface area contributed by atoms with E-state index in [4.69, 9.17) is 0 Å². The van der Waals surface area contributed by atoms with E-state index in [0.717, 1.165) is 22.5 Å². The van der Waals surface area contributed by atoms with Gasteiger partial charge in [-0.05, 0) is 31.5 Å². The molecule has 0 radical (unpaired) electrons. The molecule has 3 nitrogen and oxygen atoms in total. The molecular formula is C15H18N2O. The Labute approximate surface area is 108 Å². The van der Waals surface area contributed by atoms with E-state index >= 15 is 0 Å². The van der Waals surface area contributed by atoms with Gasteiger partial charge in [0.15, 0.2) is 0 Å². The fourth-order valence-corrected chi connectivity index (χ4v) is 1.81. The zero-order chi connectivity index (χ0) is 13.0. The van der Waals surface area contributed by atoms with E-state index in [1.807, 2.05) is 49.5 Å². The van der Waals surface area contributed by atoms with E-state index in [-0.39, 0.29) is 0 Å². The second-order valence-electron chi connectivity index (χ2n) is 4.44. The number of aromatic nitrogens is 1. The van der Waals surface area contributed by atoms with Gasteiger partial charge in [-0.25, -0.2) is 0 Å². The first-order chi connectivity index (χ1) is 8.66. The van der Waals surface area contributed by atoms with Crippen LogP contribution in [0, 0.1) is 6.92 Å². The molecule has 1 heterocycles. The SMILES string of the molecule is Cc1ccc(CNc2ccccc2C(C)O)nc1. The third-order valence-electron chi connectivity index (χ3n) is 2.84. The number of anilines is 1. The summed E-state index contributed by atoms with van der Waals surface area (Å²) >= 11 is 0. The van der Waals surface area contributed by atoms with Crippen molar-refractivity contribution in [2.45, 2.75) is 26.5 Å². The van der Waals surface area contributed by atoms with Gasteiger partial charge in [-0.1, -0.05) is 24.3 Å². The Kier molecular flexibility index (Phi) is 3.95. The fraction of sp³-hybridized carbons (Fsp3) is 0.267. The van der Waals surface area contributed by atoms with Gasteiger partial charge in [0.05, 0.1) is 18.3 Å². The van der Waals surface area contributed by atoms with E-state index in [2.05, 4.69) is 10.3 Å². The summed E-state index contributed by atoms with van der Waals surface area (Å²) in [5.74, 6) is 0. The number of nitrogens with zero attached hydrogens (tertiary/aromatic N) is 1. The quantitative estimate of drug-likeness (QED) is 0.866. The predicted molar refractivity (Wildman–Crippen MR) is 73.4 cm³/mol. The molecule has 1 unspecified atom stereocenters. The first-order valence-corrected chi connectivity index (χ1v) is 6.09. The third kappa shape index (κ3) is 3.08. The molecule has 0 bridgehead atoms. The molecule has 0 saturated carbocycles. The molecule has 94 valence electrons. The Morgan fingerprint density at radius 3 is 2.67 bits per heavy atom. The average Bonchev–Trinajstić information content (AvgIpc) is 2.38. The molecule has 2 aromatic rings. The van der Waals surface area contributed by atoms with Crippen molar-refractivity contribution in [1.29, 1.82) is 0 Å². The van der Waals surface area contributed by atoms with Crippen molar-refractivity contribution < 1.29 is 5.11 Å². The highest BCUT2D eigenvalue weighted by atomic mass is 16.3. The molecule has 1 aromatic heterocycles. The van der Waals surface area contributed by atoms with Crippen molar-refractivity contribution in [2.24, 2.45) is 0 Å². The molecule has 1 atom stereocenters. The summed E-state index contributed by atoms with van der Waals surface area (Å²) in [6.45, 7) is 4.45. The van der Waals surface area contributed by atoms with E-state index < -0.39 is 6.10 Å².